The Morgan fingerprint density at radius 1 is 1.00 bits per heavy atom. The van der Waals surface area contributed by atoms with E-state index in [0.717, 1.165) is 12.1 Å². The van der Waals surface area contributed by atoms with Crippen LogP contribution < -0.4 is 4.90 Å². The maximum absolute atomic E-state index is 14.5. The van der Waals surface area contributed by atoms with Gasteiger partial charge >= 0.3 is 0 Å². The Balaban J connectivity index is 1.72. The lowest BCUT2D eigenvalue weighted by molar-refractivity contribution is 0.0984. The molecule has 1 aromatic heterocycles. The van der Waals surface area contributed by atoms with Crippen LogP contribution in [0.4, 0.5) is 14.5 Å². The quantitative estimate of drug-likeness (QED) is 0.561. The number of sulfonamides is 1. The number of carbonyl (C=O) groups excluding carboxylic acids is 1. The van der Waals surface area contributed by atoms with E-state index >= 15 is 0 Å². The third-order valence-corrected chi connectivity index (χ3v) is 7.20. The van der Waals surface area contributed by atoms with Crippen LogP contribution in [0, 0.1) is 11.6 Å². The van der Waals surface area contributed by atoms with E-state index in [2.05, 4.69) is 4.98 Å². The van der Waals surface area contributed by atoms with Crippen molar-refractivity contribution in [3.05, 3.63) is 89.8 Å². The summed E-state index contributed by atoms with van der Waals surface area (Å²) in [6.07, 6.45) is 3.01. The predicted octanol–water partition coefficient (Wildman–Crippen LogP) is 3.99. The SMILES string of the molecule is O=C(c1ccc(F)c(S(=O)(=O)N2CCCC2)c1)N(Cc1ccccn1)c1ccc(F)cc1. The van der Waals surface area contributed by atoms with Crippen molar-refractivity contribution >= 4 is 21.6 Å². The number of hydrogen-bond donors (Lipinski definition) is 0. The van der Waals surface area contributed by atoms with Crippen LogP contribution >= 0.6 is 0 Å². The average molecular weight is 458 g/mol. The molecule has 3 aromatic rings. The van der Waals surface area contributed by atoms with E-state index in [1.54, 1.807) is 24.4 Å². The topological polar surface area (TPSA) is 70.6 Å². The first-order valence-electron chi connectivity index (χ1n) is 10.1. The minimum absolute atomic E-state index is 0.00410. The van der Waals surface area contributed by atoms with Gasteiger partial charge in [0, 0.05) is 30.5 Å². The highest BCUT2D eigenvalue weighted by atomic mass is 32.2. The number of hydrogen-bond acceptors (Lipinski definition) is 4. The van der Waals surface area contributed by atoms with Crippen molar-refractivity contribution in [1.82, 2.24) is 9.29 Å². The summed E-state index contributed by atoms with van der Waals surface area (Å²) in [5.74, 6) is -1.92. The molecule has 0 atom stereocenters. The summed E-state index contributed by atoms with van der Waals surface area (Å²) in [6.45, 7) is 0.708. The zero-order valence-electron chi connectivity index (χ0n) is 17.1. The summed E-state index contributed by atoms with van der Waals surface area (Å²) in [7, 11) is -4.05. The molecule has 0 bridgehead atoms. The standard InChI is InChI=1S/C23H21F2N3O3S/c24-18-7-9-20(10-8-18)28(16-19-5-1-2-12-26-19)23(29)17-6-11-21(25)22(15-17)32(30,31)27-13-3-4-14-27/h1-2,5-12,15H,3-4,13-14,16H2. The van der Waals surface area contributed by atoms with Gasteiger partial charge in [-0.05, 0) is 67.4 Å². The van der Waals surface area contributed by atoms with Crippen molar-refractivity contribution < 1.29 is 22.0 Å². The minimum atomic E-state index is -4.05. The van der Waals surface area contributed by atoms with Crippen molar-refractivity contribution in [1.29, 1.82) is 0 Å². The lowest BCUT2D eigenvalue weighted by Gasteiger charge is -2.23. The minimum Gasteiger partial charge on any atom is -0.302 e. The number of aromatic nitrogens is 1. The molecule has 166 valence electrons. The summed E-state index contributed by atoms with van der Waals surface area (Å²) in [4.78, 5) is 18.5. The number of amides is 1. The van der Waals surface area contributed by atoms with E-state index in [-0.39, 0.29) is 12.1 Å². The number of anilines is 1. The van der Waals surface area contributed by atoms with Crippen molar-refractivity contribution in [3.8, 4) is 0 Å². The maximum atomic E-state index is 14.5. The van der Waals surface area contributed by atoms with Crippen molar-refractivity contribution in [3.63, 3.8) is 0 Å². The van der Waals surface area contributed by atoms with Gasteiger partial charge in [0.15, 0.2) is 0 Å². The smallest absolute Gasteiger partial charge is 0.258 e. The Labute approximate surface area is 185 Å². The molecule has 4 rings (SSSR count). The maximum Gasteiger partial charge on any atom is 0.258 e. The van der Waals surface area contributed by atoms with Crippen LogP contribution in [0.5, 0.6) is 0 Å². The Morgan fingerprint density at radius 3 is 2.38 bits per heavy atom. The number of pyridine rings is 1. The van der Waals surface area contributed by atoms with Gasteiger partial charge in [-0.25, -0.2) is 17.2 Å². The molecule has 1 amide bonds. The van der Waals surface area contributed by atoms with Gasteiger partial charge in [0.25, 0.3) is 5.91 Å². The molecule has 1 aliphatic rings. The zero-order chi connectivity index (χ0) is 22.7. The lowest BCUT2D eigenvalue weighted by Crippen LogP contribution is -2.32. The van der Waals surface area contributed by atoms with Crippen LogP contribution in [0.3, 0.4) is 0 Å². The first-order valence-corrected chi connectivity index (χ1v) is 11.6. The lowest BCUT2D eigenvalue weighted by atomic mass is 10.1. The molecule has 1 aliphatic heterocycles. The fourth-order valence-electron chi connectivity index (χ4n) is 3.61. The molecule has 0 spiro atoms. The van der Waals surface area contributed by atoms with Crippen LogP contribution in [-0.4, -0.2) is 36.7 Å². The van der Waals surface area contributed by atoms with Crippen LogP contribution in [-0.2, 0) is 16.6 Å². The highest BCUT2D eigenvalue weighted by molar-refractivity contribution is 7.89. The van der Waals surface area contributed by atoms with E-state index in [0.29, 0.717) is 37.3 Å². The Bertz CT molecular complexity index is 1210. The monoisotopic (exact) mass is 457 g/mol. The van der Waals surface area contributed by atoms with Gasteiger partial charge in [0.2, 0.25) is 10.0 Å². The first-order chi connectivity index (χ1) is 15.4. The molecule has 6 nitrogen and oxygen atoms in total. The second-order valence-corrected chi connectivity index (χ2v) is 9.35. The van der Waals surface area contributed by atoms with Gasteiger partial charge in [-0.15, -0.1) is 0 Å². The summed E-state index contributed by atoms with van der Waals surface area (Å²) in [5, 5.41) is 0. The molecular formula is C23H21F2N3O3S. The molecule has 1 fully saturated rings. The van der Waals surface area contributed by atoms with Crippen LogP contribution in [0.25, 0.3) is 0 Å². The fourth-order valence-corrected chi connectivity index (χ4v) is 5.22. The summed E-state index contributed by atoms with van der Waals surface area (Å²) >= 11 is 0. The van der Waals surface area contributed by atoms with Gasteiger partial charge in [-0.1, -0.05) is 6.07 Å². The molecule has 0 aliphatic carbocycles. The summed E-state index contributed by atoms with van der Waals surface area (Å²) in [6, 6.07) is 13.9. The van der Waals surface area contributed by atoms with Crippen LogP contribution in [0.15, 0.2) is 71.8 Å². The van der Waals surface area contributed by atoms with Gasteiger partial charge < -0.3 is 4.90 Å². The number of benzene rings is 2. The molecular weight excluding hydrogens is 436 g/mol. The first kappa shape index (κ1) is 22.0. The Morgan fingerprint density at radius 2 is 1.72 bits per heavy atom. The van der Waals surface area contributed by atoms with E-state index in [9.17, 15) is 22.0 Å². The molecule has 2 heterocycles. The normalized spacial score (nSPS) is 14.4. The van der Waals surface area contributed by atoms with Crippen molar-refractivity contribution in [2.75, 3.05) is 18.0 Å². The highest BCUT2D eigenvalue weighted by Crippen LogP contribution is 2.26. The molecule has 2 aromatic carbocycles. The van der Waals surface area contributed by atoms with Gasteiger partial charge in [-0.2, -0.15) is 4.31 Å². The largest absolute Gasteiger partial charge is 0.302 e. The van der Waals surface area contributed by atoms with Crippen molar-refractivity contribution in [2.24, 2.45) is 0 Å². The summed E-state index contributed by atoms with van der Waals surface area (Å²) in [5.41, 5.74) is 0.983. The fraction of sp³-hybridized carbons (Fsp3) is 0.217. The van der Waals surface area contributed by atoms with Crippen LogP contribution in [0.2, 0.25) is 0 Å². The molecule has 0 N–H and O–H groups in total. The van der Waals surface area contributed by atoms with E-state index < -0.39 is 32.5 Å². The molecule has 0 unspecified atom stereocenters. The zero-order valence-corrected chi connectivity index (χ0v) is 17.9. The molecule has 0 saturated carbocycles. The van der Waals surface area contributed by atoms with E-state index in [1.165, 1.54) is 39.5 Å². The Kier molecular flexibility index (Phi) is 6.29. The Hall–Kier alpha value is -3.17. The second kappa shape index (κ2) is 9.13. The summed E-state index contributed by atoms with van der Waals surface area (Å²) < 4.78 is 55.0. The van der Waals surface area contributed by atoms with E-state index in [4.69, 9.17) is 0 Å². The molecule has 32 heavy (non-hydrogen) atoms. The number of rotatable bonds is 6. The van der Waals surface area contributed by atoms with Crippen molar-refractivity contribution in [2.45, 2.75) is 24.3 Å². The van der Waals surface area contributed by atoms with Crippen LogP contribution in [0.1, 0.15) is 28.9 Å². The average Bonchev–Trinajstić information content (AvgIpc) is 3.35. The highest BCUT2D eigenvalue weighted by Gasteiger charge is 2.31. The molecule has 0 radical (unpaired) electrons. The third kappa shape index (κ3) is 4.53. The van der Waals surface area contributed by atoms with Gasteiger partial charge in [0.1, 0.15) is 16.5 Å². The van der Waals surface area contributed by atoms with Gasteiger partial charge in [-0.3, -0.25) is 9.78 Å². The third-order valence-electron chi connectivity index (χ3n) is 5.29. The second-order valence-electron chi connectivity index (χ2n) is 7.45. The molecule has 9 heteroatoms. The number of halogens is 2. The molecule has 1 saturated heterocycles. The number of carbonyl (C=O) groups is 1. The van der Waals surface area contributed by atoms with E-state index in [1.807, 2.05) is 0 Å². The predicted molar refractivity (Wildman–Crippen MR) is 116 cm³/mol. The van der Waals surface area contributed by atoms with Gasteiger partial charge in [0.05, 0.1) is 12.2 Å². The number of nitrogens with zero attached hydrogens (tertiary/aromatic N) is 3.